The summed E-state index contributed by atoms with van der Waals surface area (Å²) >= 11 is 5.65. The van der Waals surface area contributed by atoms with E-state index in [-0.39, 0.29) is 0 Å². The lowest BCUT2D eigenvalue weighted by Gasteiger charge is -2.12. The van der Waals surface area contributed by atoms with Gasteiger partial charge in [0.1, 0.15) is 5.75 Å². The number of ether oxygens (including phenoxy) is 1. The van der Waals surface area contributed by atoms with E-state index in [0.717, 1.165) is 45.5 Å². The van der Waals surface area contributed by atoms with Crippen LogP contribution < -0.4 is 15.4 Å². The minimum Gasteiger partial charge on any atom is -0.497 e. The number of thiocarbonyl (C=S) groups is 1. The summed E-state index contributed by atoms with van der Waals surface area (Å²) in [6, 6.07) is 18.3. The average Bonchev–Trinajstić information content (AvgIpc) is 3.24. The first kappa shape index (κ1) is 23.5. The van der Waals surface area contributed by atoms with Crippen LogP contribution in [0.15, 0.2) is 54.6 Å². The van der Waals surface area contributed by atoms with Gasteiger partial charge in [0.15, 0.2) is 5.11 Å². The third kappa shape index (κ3) is 5.12. The SMILES string of the molecule is COc1cccc(Cn2nc(C)c(NC(=S)Nc3c(C)nn(Cc4ccccc4)c3C)c2C)c1. The molecule has 7 nitrogen and oxygen atoms in total. The Morgan fingerprint density at radius 3 is 1.88 bits per heavy atom. The maximum Gasteiger partial charge on any atom is 0.175 e. The number of anilines is 2. The van der Waals surface area contributed by atoms with Gasteiger partial charge >= 0.3 is 0 Å². The van der Waals surface area contributed by atoms with Gasteiger partial charge in [-0.25, -0.2) is 0 Å². The molecule has 0 radical (unpaired) electrons. The van der Waals surface area contributed by atoms with Crippen molar-refractivity contribution in [3.05, 3.63) is 88.5 Å². The molecule has 176 valence electrons. The van der Waals surface area contributed by atoms with E-state index in [0.29, 0.717) is 18.2 Å². The number of hydrogen-bond donors (Lipinski definition) is 2. The second kappa shape index (κ2) is 10.1. The molecule has 0 unspecified atom stereocenters. The summed E-state index contributed by atoms with van der Waals surface area (Å²) in [4.78, 5) is 0. The summed E-state index contributed by atoms with van der Waals surface area (Å²) in [6.45, 7) is 9.42. The van der Waals surface area contributed by atoms with Crippen LogP contribution in [0.5, 0.6) is 5.75 Å². The minimum atomic E-state index is 0.512. The summed E-state index contributed by atoms with van der Waals surface area (Å²) in [7, 11) is 1.67. The quantitative estimate of drug-likeness (QED) is 0.358. The molecule has 0 saturated carbocycles. The van der Waals surface area contributed by atoms with Crippen LogP contribution in [0.2, 0.25) is 0 Å². The van der Waals surface area contributed by atoms with Crippen molar-refractivity contribution in [2.45, 2.75) is 40.8 Å². The fraction of sp³-hybridized carbons (Fsp3) is 0.269. The third-order valence-corrected chi connectivity index (χ3v) is 6.09. The Balaban J connectivity index is 1.47. The highest BCUT2D eigenvalue weighted by atomic mass is 32.1. The van der Waals surface area contributed by atoms with Crippen molar-refractivity contribution in [2.24, 2.45) is 0 Å². The van der Waals surface area contributed by atoms with E-state index in [4.69, 9.17) is 27.2 Å². The smallest absolute Gasteiger partial charge is 0.175 e. The molecule has 2 aromatic carbocycles. The zero-order chi connectivity index (χ0) is 24.2. The predicted octanol–water partition coefficient (Wildman–Crippen LogP) is 5.23. The standard InChI is InChI=1S/C26H30N6OS/c1-17-24(19(3)31(29-17)15-21-10-7-6-8-11-21)27-26(34)28-25-18(2)30-32(20(25)4)16-22-12-9-13-23(14-22)33-5/h6-14H,15-16H2,1-5H3,(H2,27,28,34). The molecular weight excluding hydrogens is 444 g/mol. The zero-order valence-corrected chi connectivity index (χ0v) is 21.0. The molecule has 2 heterocycles. The number of nitrogens with zero attached hydrogens (tertiary/aromatic N) is 4. The van der Waals surface area contributed by atoms with E-state index in [1.807, 2.05) is 66.5 Å². The highest BCUT2D eigenvalue weighted by molar-refractivity contribution is 7.80. The molecule has 0 aliphatic rings. The van der Waals surface area contributed by atoms with Gasteiger partial charge in [-0.2, -0.15) is 10.2 Å². The van der Waals surface area contributed by atoms with E-state index >= 15 is 0 Å². The lowest BCUT2D eigenvalue weighted by atomic mass is 10.2. The molecule has 2 N–H and O–H groups in total. The number of rotatable bonds is 7. The van der Waals surface area contributed by atoms with Crippen molar-refractivity contribution in [3.63, 3.8) is 0 Å². The molecule has 4 rings (SSSR count). The summed E-state index contributed by atoms with van der Waals surface area (Å²) in [5, 5.41) is 16.6. The Labute approximate surface area is 205 Å². The van der Waals surface area contributed by atoms with Crippen molar-refractivity contribution in [3.8, 4) is 5.75 Å². The van der Waals surface area contributed by atoms with Crippen molar-refractivity contribution in [1.82, 2.24) is 19.6 Å². The number of hydrogen-bond acceptors (Lipinski definition) is 4. The molecule has 8 heteroatoms. The highest BCUT2D eigenvalue weighted by Gasteiger charge is 2.16. The molecule has 0 aliphatic carbocycles. The van der Waals surface area contributed by atoms with Crippen LogP contribution in [0.3, 0.4) is 0 Å². The Hall–Kier alpha value is -3.65. The van der Waals surface area contributed by atoms with Crippen LogP contribution in [-0.2, 0) is 13.1 Å². The molecule has 0 atom stereocenters. The van der Waals surface area contributed by atoms with Gasteiger partial charge in [0, 0.05) is 0 Å². The van der Waals surface area contributed by atoms with Crippen molar-refractivity contribution < 1.29 is 4.74 Å². The molecule has 34 heavy (non-hydrogen) atoms. The average molecular weight is 475 g/mol. The molecular formula is C26H30N6OS. The maximum absolute atomic E-state index is 5.65. The lowest BCUT2D eigenvalue weighted by molar-refractivity contribution is 0.414. The number of aryl methyl sites for hydroxylation is 2. The summed E-state index contributed by atoms with van der Waals surface area (Å²) < 4.78 is 9.31. The van der Waals surface area contributed by atoms with Gasteiger partial charge in [0.2, 0.25) is 0 Å². The van der Waals surface area contributed by atoms with Crippen LogP contribution in [0, 0.1) is 27.7 Å². The van der Waals surface area contributed by atoms with Gasteiger partial charge in [0.05, 0.1) is 54.3 Å². The fourth-order valence-corrected chi connectivity index (χ4v) is 4.23. The Kier molecular flexibility index (Phi) is 6.98. The molecule has 0 saturated heterocycles. The molecule has 4 aromatic rings. The summed E-state index contributed by atoms with van der Waals surface area (Å²) in [5.74, 6) is 0.835. The Bertz CT molecular complexity index is 1310. The second-order valence-corrected chi connectivity index (χ2v) is 8.73. The maximum atomic E-state index is 5.65. The largest absolute Gasteiger partial charge is 0.497 e. The van der Waals surface area contributed by atoms with E-state index in [1.165, 1.54) is 5.56 Å². The first-order valence-corrected chi connectivity index (χ1v) is 11.6. The van der Waals surface area contributed by atoms with E-state index in [2.05, 4.69) is 35.8 Å². The second-order valence-electron chi connectivity index (χ2n) is 8.32. The van der Waals surface area contributed by atoms with Gasteiger partial charge in [-0.05, 0) is 63.2 Å². The van der Waals surface area contributed by atoms with E-state index < -0.39 is 0 Å². The van der Waals surface area contributed by atoms with Crippen molar-refractivity contribution in [1.29, 1.82) is 0 Å². The number of methoxy groups -OCH3 is 1. The van der Waals surface area contributed by atoms with Crippen LogP contribution >= 0.6 is 12.2 Å². The molecule has 0 spiro atoms. The van der Waals surface area contributed by atoms with Crippen molar-refractivity contribution in [2.75, 3.05) is 17.7 Å². The minimum absolute atomic E-state index is 0.512. The molecule has 0 fully saturated rings. The highest BCUT2D eigenvalue weighted by Crippen LogP contribution is 2.24. The summed E-state index contributed by atoms with van der Waals surface area (Å²) in [6.07, 6.45) is 0. The molecule has 2 aromatic heterocycles. The van der Waals surface area contributed by atoms with Crippen LogP contribution in [0.25, 0.3) is 0 Å². The van der Waals surface area contributed by atoms with Crippen LogP contribution in [-0.4, -0.2) is 31.8 Å². The predicted molar refractivity (Wildman–Crippen MR) is 141 cm³/mol. The van der Waals surface area contributed by atoms with Gasteiger partial charge < -0.3 is 15.4 Å². The Morgan fingerprint density at radius 1 is 0.794 bits per heavy atom. The van der Waals surface area contributed by atoms with Crippen LogP contribution in [0.4, 0.5) is 11.4 Å². The van der Waals surface area contributed by atoms with E-state index in [1.54, 1.807) is 7.11 Å². The van der Waals surface area contributed by atoms with Gasteiger partial charge in [0.25, 0.3) is 0 Å². The van der Waals surface area contributed by atoms with Gasteiger partial charge in [-0.3, -0.25) is 9.36 Å². The van der Waals surface area contributed by atoms with E-state index in [9.17, 15) is 0 Å². The molecule has 0 amide bonds. The first-order valence-electron chi connectivity index (χ1n) is 11.2. The molecule has 0 bridgehead atoms. The zero-order valence-electron chi connectivity index (χ0n) is 20.2. The number of aromatic nitrogens is 4. The first-order chi connectivity index (χ1) is 16.4. The Morgan fingerprint density at radius 2 is 1.32 bits per heavy atom. The lowest BCUT2D eigenvalue weighted by Crippen LogP contribution is -2.21. The van der Waals surface area contributed by atoms with Gasteiger partial charge in [-0.15, -0.1) is 0 Å². The number of benzene rings is 2. The fourth-order valence-electron chi connectivity index (χ4n) is 4.02. The molecule has 0 aliphatic heterocycles. The monoisotopic (exact) mass is 474 g/mol. The topological polar surface area (TPSA) is 68.9 Å². The summed E-state index contributed by atoms with van der Waals surface area (Å²) in [5.41, 5.74) is 7.99. The normalized spacial score (nSPS) is 10.9. The van der Waals surface area contributed by atoms with Crippen molar-refractivity contribution >= 4 is 28.7 Å². The van der Waals surface area contributed by atoms with Gasteiger partial charge in [-0.1, -0.05) is 42.5 Å². The third-order valence-electron chi connectivity index (χ3n) is 5.88. The van der Waals surface area contributed by atoms with Crippen LogP contribution in [0.1, 0.15) is 33.9 Å². The number of nitrogens with one attached hydrogen (secondary N) is 2.